The van der Waals surface area contributed by atoms with Crippen molar-refractivity contribution in [3.63, 3.8) is 0 Å². The number of nitrogens with zero attached hydrogens (tertiary/aromatic N) is 3. The molecule has 0 aliphatic rings. The Bertz CT molecular complexity index is 647. The van der Waals surface area contributed by atoms with Gasteiger partial charge in [-0.05, 0) is 5.16 Å². The number of rotatable bonds is 3. The van der Waals surface area contributed by atoms with E-state index in [1.54, 1.807) is 22.9 Å². The summed E-state index contributed by atoms with van der Waals surface area (Å²) in [6.45, 7) is 0. The average molecular weight is 232 g/mol. The minimum atomic E-state index is 0.394. The van der Waals surface area contributed by atoms with Crippen molar-refractivity contribution < 1.29 is 14.1 Å². The highest BCUT2D eigenvalue weighted by Gasteiger charge is 2.12. The number of carbonyl (C=O) groups is 1. The van der Waals surface area contributed by atoms with Crippen LogP contribution in [-0.2, 0) is 0 Å². The molecule has 1 N–H and O–H groups in total. The van der Waals surface area contributed by atoms with Gasteiger partial charge in [0.05, 0.1) is 18.9 Å². The smallest absolute Gasteiger partial charge is 0.254 e. The summed E-state index contributed by atoms with van der Waals surface area (Å²) in [5.74, 6) is 1.47. The van der Waals surface area contributed by atoms with Crippen LogP contribution >= 0.6 is 0 Å². The van der Waals surface area contributed by atoms with Crippen molar-refractivity contribution >= 4 is 12.1 Å². The fraction of sp³-hybridized carbons (Fsp3) is 0.100. The molecule has 0 radical (unpaired) electrons. The van der Waals surface area contributed by atoms with Gasteiger partial charge in [-0.15, -0.1) is 0 Å². The van der Waals surface area contributed by atoms with E-state index in [2.05, 4.69) is 15.1 Å². The minimum absolute atomic E-state index is 0.394. The van der Waals surface area contributed by atoms with Crippen LogP contribution in [0.15, 0.2) is 23.0 Å². The molecule has 3 heterocycles. The third kappa shape index (κ3) is 1.48. The first kappa shape index (κ1) is 9.64. The summed E-state index contributed by atoms with van der Waals surface area (Å²) < 4.78 is 11.7. The van der Waals surface area contributed by atoms with Gasteiger partial charge in [0.2, 0.25) is 5.78 Å². The molecule has 3 rings (SSSR count). The lowest BCUT2D eigenvalue weighted by Crippen LogP contribution is -1.79. The lowest BCUT2D eigenvalue weighted by molar-refractivity contribution is 0.111. The molecule has 0 unspecified atom stereocenters. The molecule has 0 aliphatic heterocycles. The van der Waals surface area contributed by atoms with Crippen LogP contribution in [0.4, 0.5) is 0 Å². The number of aromatic amines is 1. The van der Waals surface area contributed by atoms with E-state index in [0.29, 0.717) is 28.8 Å². The Hall–Kier alpha value is -2.57. The van der Waals surface area contributed by atoms with Crippen LogP contribution in [0.2, 0.25) is 0 Å². The number of methoxy groups -OCH3 is 1. The van der Waals surface area contributed by atoms with E-state index in [0.717, 1.165) is 6.29 Å². The van der Waals surface area contributed by atoms with Gasteiger partial charge >= 0.3 is 0 Å². The van der Waals surface area contributed by atoms with Gasteiger partial charge in [-0.2, -0.15) is 0 Å². The topological polar surface area (TPSA) is 85.4 Å². The fourth-order valence-electron chi connectivity index (χ4n) is 1.55. The van der Waals surface area contributed by atoms with Gasteiger partial charge < -0.3 is 14.2 Å². The second-order valence-electron chi connectivity index (χ2n) is 3.42. The van der Waals surface area contributed by atoms with Crippen LogP contribution in [0.25, 0.3) is 17.2 Å². The first-order chi connectivity index (χ1) is 8.30. The van der Waals surface area contributed by atoms with Crippen molar-refractivity contribution in [3.05, 3.63) is 24.2 Å². The fourth-order valence-corrected chi connectivity index (χ4v) is 1.55. The molecule has 0 aliphatic carbocycles. The molecular weight excluding hydrogens is 224 g/mol. The summed E-state index contributed by atoms with van der Waals surface area (Å²) in [7, 11) is 1.51. The van der Waals surface area contributed by atoms with E-state index in [-0.39, 0.29) is 0 Å². The molecule has 0 aromatic carbocycles. The third-order valence-corrected chi connectivity index (χ3v) is 2.34. The van der Waals surface area contributed by atoms with Gasteiger partial charge in [0.25, 0.3) is 5.88 Å². The number of hydrogen-bond donors (Lipinski definition) is 1. The predicted octanol–water partition coefficient (Wildman–Crippen LogP) is 1.14. The normalized spacial score (nSPS) is 10.9. The number of aldehydes is 1. The van der Waals surface area contributed by atoms with Gasteiger partial charge in [-0.3, -0.25) is 9.20 Å². The summed E-state index contributed by atoms with van der Waals surface area (Å²) in [5.41, 5.74) is 1.08. The number of carbonyl (C=O) groups excluding carboxylic acids is 1. The zero-order chi connectivity index (χ0) is 11.8. The maximum Gasteiger partial charge on any atom is 0.254 e. The molecule has 17 heavy (non-hydrogen) atoms. The Labute approximate surface area is 95.0 Å². The highest BCUT2D eigenvalue weighted by Crippen LogP contribution is 2.22. The Kier molecular flexibility index (Phi) is 1.97. The Morgan fingerprint density at radius 3 is 3.06 bits per heavy atom. The third-order valence-electron chi connectivity index (χ3n) is 2.34. The molecule has 7 nitrogen and oxygen atoms in total. The number of fused-ring (bicyclic) bond motifs is 1. The molecule has 0 atom stereocenters. The van der Waals surface area contributed by atoms with E-state index in [4.69, 9.17) is 9.26 Å². The molecule has 0 fully saturated rings. The van der Waals surface area contributed by atoms with Crippen molar-refractivity contribution in [1.82, 2.24) is 19.5 Å². The van der Waals surface area contributed by atoms with Gasteiger partial charge in [-0.1, -0.05) is 0 Å². The van der Waals surface area contributed by atoms with Crippen LogP contribution in [-0.4, -0.2) is 32.9 Å². The molecule has 0 saturated heterocycles. The molecule has 3 aromatic rings. The second kappa shape index (κ2) is 3.48. The zero-order valence-corrected chi connectivity index (χ0v) is 8.88. The molecule has 0 bridgehead atoms. The summed E-state index contributed by atoms with van der Waals surface area (Å²) in [6, 6.07) is 1.64. The monoisotopic (exact) mass is 232 g/mol. The number of H-pyrrole nitrogens is 1. The number of ether oxygens (including phenoxy) is 1. The first-order valence-electron chi connectivity index (χ1n) is 4.84. The van der Waals surface area contributed by atoms with E-state index < -0.39 is 0 Å². The van der Waals surface area contributed by atoms with Crippen molar-refractivity contribution in [2.24, 2.45) is 0 Å². The second-order valence-corrected chi connectivity index (χ2v) is 3.42. The number of nitrogens with one attached hydrogen (secondary N) is 1. The first-order valence-corrected chi connectivity index (χ1v) is 4.84. The lowest BCUT2D eigenvalue weighted by atomic mass is 10.3. The van der Waals surface area contributed by atoms with Crippen LogP contribution in [0.5, 0.6) is 5.88 Å². The summed E-state index contributed by atoms with van der Waals surface area (Å²) >= 11 is 0. The average Bonchev–Trinajstić information content (AvgIpc) is 3.01. The van der Waals surface area contributed by atoms with E-state index in [1.807, 2.05) is 0 Å². The van der Waals surface area contributed by atoms with E-state index in [9.17, 15) is 4.79 Å². The van der Waals surface area contributed by atoms with Crippen molar-refractivity contribution in [2.75, 3.05) is 7.11 Å². The highest BCUT2D eigenvalue weighted by molar-refractivity contribution is 5.73. The maximum absolute atomic E-state index is 10.6. The van der Waals surface area contributed by atoms with Crippen LogP contribution in [0.1, 0.15) is 10.5 Å². The largest absolute Gasteiger partial charge is 0.479 e. The van der Waals surface area contributed by atoms with Crippen molar-refractivity contribution in [1.29, 1.82) is 0 Å². The van der Waals surface area contributed by atoms with Crippen molar-refractivity contribution in [3.8, 4) is 17.3 Å². The van der Waals surface area contributed by atoms with E-state index >= 15 is 0 Å². The van der Waals surface area contributed by atoms with Crippen LogP contribution in [0.3, 0.4) is 0 Å². The predicted molar refractivity (Wildman–Crippen MR) is 57.0 cm³/mol. The minimum Gasteiger partial charge on any atom is -0.479 e. The number of aromatic nitrogens is 4. The molecule has 0 spiro atoms. The molecule has 0 amide bonds. The van der Waals surface area contributed by atoms with Gasteiger partial charge in [-0.25, -0.2) is 4.98 Å². The van der Waals surface area contributed by atoms with Gasteiger partial charge in [0.15, 0.2) is 12.0 Å². The number of hydrogen-bond acceptors (Lipinski definition) is 5. The van der Waals surface area contributed by atoms with E-state index in [1.165, 1.54) is 7.11 Å². The maximum atomic E-state index is 10.6. The Morgan fingerprint density at radius 1 is 1.53 bits per heavy atom. The molecule has 3 aromatic heterocycles. The summed E-state index contributed by atoms with van der Waals surface area (Å²) in [5, 5.41) is 3.69. The molecular formula is C10H8N4O3. The van der Waals surface area contributed by atoms with Crippen molar-refractivity contribution in [2.45, 2.75) is 0 Å². The quantitative estimate of drug-likeness (QED) is 0.684. The van der Waals surface area contributed by atoms with Gasteiger partial charge in [0.1, 0.15) is 5.69 Å². The zero-order valence-electron chi connectivity index (χ0n) is 8.88. The Morgan fingerprint density at radius 2 is 2.41 bits per heavy atom. The molecule has 7 heteroatoms. The highest BCUT2D eigenvalue weighted by atomic mass is 16.5. The summed E-state index contributed by atoms with van der Waals surface area (Å²) in [6.07, 6.45) is 4.11. The lowest BCUT2D eigenvalue weighted by Gasteiger charge is -1.85. The van der Waals surface area contributed by atoms with Crippen LogP contribution in [0, 0.1) is 0 Å². The SMILES string of the molecule is COc1cc(-c2cn3cc(C=O)[nH]c3n2)on1. The standard InChI is InChI=1S/C10H8N4O3/c1-16-9-2-8(17-13-9)7-4-14-3-6(5-15)11-10(14)12-7/h2-5H,1H3,(H,11,12). The Balaban J connectivity index is 2.05. The summed E-state index contributed by atoms with van der Waals surface area (Å²) in [4.78, 5) is 17.7. The molecule has 0 saturated carbocycles. The molecule has 86 valence electrons. The van der Waals surface area contributed by atoms with Crippen LogP contribution < -0.4 is 4.74 Å². The van der Waals surface area contributed by atoms with Gasteiger partial charge in [0, 0.05) is 12.4 Å². The number of imidazole rings is 2.